The summed E-state index contributed by atoms with van der Waals surface area (Å²) in [6.45, 7) is 9.10. The van der Waals surface area contributed by atoms with Gasteiger partial charge < -0.3 is 4.43 Å². The highest BCUT2D eigenvalue weighted by Crippen LogP contribution is 2.26. The molecule has 22 heavy (non-hydrogen) atoms. The van der Waals surface area contributed by atoms with Gasteiger partial charge in [-0.1, -0.05) is 94.8 Å². The molecular weight excluding hydrogens is 284 g/mol. The average molecular weight is 313 g/mol. The Morgan fingerprint density at radius 2 is 1.32 bits per heavy atom. The van der Waals surface area contributed by atoms with Gasteiger partial charge in [0.1, 0.15) is 0 Å². The lowest BCUT2D eigenvalue weighted by atomic mass is 9.87. The predicted molar refractivity (Wildman–Crippen MR) is 98.5 cm³/mol. The molecule has 2 aromatic rings. The third-order valence-electron chi connectivity index (χ3n) is 4.02. The van der Waals surface area contributed by atoms with Crippen molar-refractivity contribution in [3.8, 4) is 0 Å². The van der Waals surface area contributed by atoms with Gasteiger partial charge in [0.25, 0.3) is 0 Å². The predicted octanol–water partition coefficient (Wildman–Crippen LogP) is 3.76. The molecular formula is C20H28OSi. The quantitative estimate of drug-likeness (QED) is 0.738. The van der Waals surface area contributed by atoms with Crippen molar-refractivity contribution in [2.24, 2.45) is 5.41 Å². The fourth-order valence-corrected chi connectivity index (χ4v) is 5.45. The summed E-state index contributed by atoms with van der Waals surface area (Å²) in [6, 6.07) is 21.5. The molecule has 1 nitrogen and oxygen atoms in total. The average Bonchev–Trinajstić information content (AvgIpc) is 2.52. The van der Waals surface area contributed by atoms with E-state index < -0.39 is 9.04 Å². The zero-order chi connectivity index (χ0) is 16.0. The highest BCUT2D eigenvalue weighted by atomic mass is 28.3. The maximum atomic E-state index is 6.77. The zero-order valence-electron chi connectivity index (χ0n) is 14.3. The summed E-state index contributed by atoms with van der Waals surface area (Å²) in [5.74, 6) is 0. The third kappa shape index (κ3) is 4.55. The molecule has 0 saturated heterocycles. The van der Waals surface area contributed by atoms with Gasteiger partial charge in [-0.15, -0.1) is 0 Å². The molecule has 0 aliphatic rings. The smallest absolute Gasteiger partial charge is 0.240 e. The Morgan fingerprint density at radius 3 is 1.68 bits per heavy atom. The van der Waals surface area contributed by atoms with Crippen LogP contribution >= 0.6 is 0 Å². The van der Waals surface area contributed by atoms with Crippen LogP contribution in [-0.2, 0) is 4.43 Å². The van der Waals surface area contributed by atoms with Gasteiger partial charge in [0.15, 0.2) is 0 Å². The van der Waals surface area contributed by atoms with Crippen molar-refractivity contribution in [1.82, 2.24) is 0 Å². The molecule has 0 N–H and O–H groups in total. The lowest BCUT2D eigenvalue weighted by Gasteiger charge is -2.34. The van der Waals surface area contributed by atoms with Crippen molar-refractivity contribution in [1.29, 1.82) is 0 Å². The highest BCUT2D eigenvalue weighted by molar-refractivity contribution is 6.80. The fraction of sp³-hybridized carbons (Fsp3) is 0.400. The molecule has 118 valence electrons. The minimum Gasteiger partial charge on any atom is -0.407 e. The Balaban J connectivity index is 2.33. The van der Waals surface area contributed by atoms with Crippen molar-refractivity contribution in [3.63, 3.8) is 0 Å². The molecule has 0 spiro atoms. The fourth-order valence-electron chi connectivity index (χ4n) is 2.74. The van der Waals surface area contributed by atoms with Gasteiger partial charge in [-0.3, -0.25) is 0 Å². The molecule has 0 heterocycles. The van der Waals surface area contributed by atoms with E-state index in [0.717, 1.165) is 12.8 Å². The van der Waals surface area contributed by atoms with Crippen LogP contribution in [0.15, 0.2) is 60.7 Å². The van der Waals surface area contributed by atoms with Gasteiger partial charge in [0.05, 0.1) is 6.10 Å². The van der Waals surface area contributed by atoms with Gasteiger partial charge in [-0.05, 0) is 22.2 Å². The Bertz CT molecular complexity index is 505. The molecule has 2 heteroatoms. The van der Waals surface area contributed by atoms with Gasteiger partial charge in [0.2, 0.25) is 9.04 Å². The second-order valence-electron chi connectivity index (χ2n) is 6.98. The molecule has 0 amide bonds. The molecule has 0 radical (unpaired) electrons. The van der Waals surface area contributed by atoms with Crippen molar-refractivity contribution >= 4 is 19.4 Å². The maximum absolute atomic E-state index is 6.77. The minimum atomic E-state index is -1.64. The van der Waals surface area contributed by atoms with Crippen molar-refractivity contribution < 1.29 is 4.43 Å². The first-order valence-corrected chi connectivity index (χ1v) is 9.90. The van der Waals surface area contributed by atoms with Crippen LogP contribution in [0.25, 0.3) is 0 Å². The van der Waals surface area contributed by atoms with Crippen LogP contribution in [0.5, 0.6) is 0 Å². The molecule has 1 atom stereocenters. The van der Waals surface area contributed by atoms with Crippen LogP contribution in [0.2, 0.25) is 0 Å². The van der Waals surface area contributed by atoms with Crippen LogP contribution in [0, 0.1) is 5.41 Å². The van der Waals surface area contributed by atoms with Gasteiger partial charge in [-0.25, -0.2) is 0 Å². The topological polar surface area (TPSA) is 9.23 Å². The van der Waals surface area contributed by atoms with Crippen LogP contribution < -0.4 is 10.4 Å². The van der Waals surface area contributed by atoms with E-state index in [1.165, 1.54) is 10.4 Å². The minimum absolute atomic E-state index is 0.171. The van der Waals surface area contributed by atoms with Crippen molar-refractivity contribution in [3.05, 3.63) is 60.7 Å². The van der Waals surface area contributed by atoms with Gasteiger partial charge in [-0.2, -0.15) is 0 Å². The van der Waals surface area contributed by atoms with E-state index in [4.69, 9.17) is 4.43 Å². The van der Waals surface area contributed by atoms with Crippen LogP contribution in [0.1, 0.15) is 40.5 Å². The zero-order valence-corrected chi connectivity index (χ0v) is 15.4. The number of hydrogen-bond acceptors (Lipinski definition) is 1. The van der Waals surface area contributed by atoms with Crippen LogP contribution in [0.4, 0.5) is 0 Å². The summed E-state index contributed by atoms with van der Waals surface area (Å²) < 4.78 is 6.77. The van der Waals surface area contributed by atoms with Crippen LogP contribution in [-0.4, -0.2) is 15.1 Å². The van der Waals surface area contributed by atoms with Crippen LogP contribution in [0.3, 0.4) is 0 Å². The molecule has 0 bridgehead atoms. The summed E-state index contributed by atoms with van der Waals surface area (Å²) in [5.41, 5.74) is 0.171. The van der Waals surface area contributed by atoms with E-state index in [9.17, 15) is 0 Å². The lowest BCUT2D eigenvalue weighted by Crippen LogP contribution is -2.49. The number of hydrogen-bond donors (Lipinski definition) is 0. The largest absolute Gasteiger partial charge is 0.407 e. The molecule has 0 aromatic heterocycles. The summed E-state index contributed by atoms with van der Waals surface area (Å²) >= 11 is 0. The Hall–Kier alpha value is -1.38. The van der Waals surface area contributed by atoms with E-state index in [0.29, 0.717) is 6.10 Å². The first kappa shape index (κ1) is 17.0. The Labute approximate surface area is 137 Å². The summed E-state index contributed by atoms with van der Waals surface area (Å²) in [7, 11) is -1.64. The van der Waals surface area contributed by atoms with E-state index in [2.05, 4.69) is 88.4 Å². The molecule has 2 rings (SSSR count). The highest BCUT2D eigenvalue weighted by Gasteiger charge is 2.29. The SMILES string of the molecule is CCCC(O[SiH](c1ccccc1)c1ccccc1)C(C)(C)C. The van der Waals surface area contributed by atoms with Crippen molar-refractivity contribution in [2.45, 2.75) is 46.6 Å². The second-order valence-corrected chi connectivity index (χ2v) is 9.35. The van der Waals surface area contributed by atoms with E-state index in [1.807, 2.05) is 0 Å². The maximum Gasteiger partial charge on any atom is 0.240 e. The summed E-state index contributed by atoms with van der Waals surface area (Å²) in [5, 5.41) is 2.72. The second kappa shape index (κ2) is 7.75. The molecule has 0 saturated carbocycles. The molecule has 0 fully saturated rings. The Kier molecular flexibility index (Phi) is 5.98. The third-order valence-corrected chi connectivity index (χ3v) is 6.60. The first-order valence-electron chi connectivity index (χ1n) is 8.27. The number of benzene rings is 2. The summed E-state index contributed by atoms with van der Waals surface area (Å²) in [4.78, 5) is 0. The lowest BCUT2D eigenvalue weighted by molar-refractivity contribution is 0.0807. The van der Waals surface area contributed by atoms with Gasteiger partial charge >= 0.3 is 0 Å². The van der Waals surface area contributed by atoms with E-state index in [-0.39, 0.29) is 5.41 Å². The Morgan fingerprint density at radius 1 is 0.864 bits per heavy atom. The van der Waals surface area contributed by atoms with Crippen molar-refractivity contribution in [2.75, 3.05) is 0 Å². The van der Waals surface area contributed by atoms with E-state index >= 15 is 0 Å². The summed E-state index contributed by atoms with van der Waals surface area (Å²) in [6.07, 6.45) is 2.58. The number of rotatable bonds is 6. The molecule has 0 aliphatic heterocycles. The van der Waals surface area contributed by atoms with E-state index in [1.54, 1.807) is 0 Å². The molecule has 2 aromatic carbocycles. The standard InChI is InChI=1S/C20H28OSi/c1-5-12-19(20(2,3)4)21-22(17-13-8-6-9-14-17)18-15-10-7-11-16-18/h6-11,13-16,19,22H,5,12H2,1-4H3. The molecule has 0 aliphatic carbocycles. The van der Waals surface area contributed by atoms with Gasteiger partial charge in [0, 0.05) is 0 Å². The monoisotopic (exact) mass is 312 g/mol. The first-order chi connectivity index (χ1) is 10.5. The normalized spacial score (nSPS) is 13.3. The molecule has 1 unspecified atom stereocenters.